The zero-order valence-electron chi connectivity index (χ0n) is 15.7. The Morgan fingerprint density at radius 2 is 1.88 bits per heavy atom. The van der Waals surface area contributed by atoms with E-state index in [4.69, 9.17) is 4.52 Å². The largest absolute Gasteiger partial charge is 0.360 e. The van der Waals surface area contributed by atoms with Crippen molar-refractivity contribution in [1.82, 2.24) is 15.2 Å². The Morgan fingerprint density at radius 3 is 2.54 bits per heavy atom. The van der Waals surface area contributed by atoms with Crippen LogP contribution in [0.15, 0.2) is 27.6 Å². The Morgan fingerprint density at radius 1 is 1.19 bits per heavy atom. The van der Waals surface area contributed by atoms with Gasteiger partial charge in [0, 0.05) is 19.0 Å². The zero-order chi connectivity index (χ0) is 19.5. The van der Waals surface area contributed by atoms with Crippen LogP contribution in [0.5, 0.6) is 0 Å². The molecule has 1 aromatic carbocycles. The molecule has 0 radical (unpaired) electrons. The van der Waals surface area contributed by atoms with Crippen LogP contribution < -0.4 is 10.0 Å². The molecule has 0 aliphatic carbocycles. The molecule has 142 valence electrons. The van der Waals surface area contributed by atoms with Gasteiger partial charge in [-0.1, -0.05) is 31.1 Å². The van der Waals surface area contributed by atoms with Crippen LogP contribution in [0.25, 0.3) is 0 Å². The Bertz CT molecular complexity index is 901. The molecule has 2 rings (SSSR count). The fourth-order valence-corrected chi connectivity index (χ4v) is 3.94. The van der Waals surface area contributed by atoms with Crippen LogP contribution in [-0.2, 0) is 10.0 Å². The Balaban J connectivity index is 1.97. The second-order valence-electron chi connectivity index (χ2n) is 6.58. The first kappa shape index (κ1) is 20.1. The highest BCUT2D eigenvalue weighted by atomic mass is 32.2. The maximum absolute atomic E-state index is 12.4. The molecule has 26 heavy (non-hydrogen) atoms. The van der Waals surface area contributed by atoms with Crippen LogP contribution in [0, 0.1) is 20.8 Å². The van der Waals surface area contributed by atoms with Crippen LogP contribution in [0.3, 0.4) is 0 Å². The van der Waals surface area contributed by atoms with E-state index in [1.807, 2.05) is 26.8 Å². The average molecular weight is 379 g/mol. The molecule has 0 aliphatic heterocycles. The minimum absolute atomic E-state index is 0.0275. The van der Waals surface area contributed by atoms with Crippen molar-refractivity contribution < 1.29 is 17.7 Å². The molecular weight excluding hydrogens is 354 g/mol. The molecule has 2 aromatic rings. The molecular formula is C18H25N3O4S. The van der Waals surface area contributed by atoms with Crippen molar-refractivity contribution in [3.63, 3.8) is 0 Å². The van der Waals surface area contributed by atoms with Gasteiger partial charge in [-0.05, 0) is 38.0 Å². The number of carbonyl (C=O) groups excluding carboxylic acids is 1. The minimum Gasteiger partial charge on any atom is -0.360 e. The predicted octanol–water partition coefficient (Wildman–Crippen LogP) is 2.43. The summed E-state index contributed by atoms with van der Waals surface area (Å²) >= 11 is 0. The fraction of sp³-hybridized carbons (Fsp3) is 0.444. The van der Waals surface area contributed by atoms with Gasteiger partial charge < -0.3 is 9.84 Å². The van der Waals surface area contributed by atoms with Gasteiger partial charge >= 0.3 is 0 Å². The summed E-state index contributed by atoms with van der Waals surface area (Å²) in [5.74, 6) is 0.231. The van der Waals surface area contributed by atoms with Crippen molar-refractivity contribution in [1.29, 1.82) is 0 Å². The molecule has 0 saturated carbocycles. The maximum Gasteiger partial charge on any atom is 0.256 e. The first-order valence-electron chi connectivity index (χ1n) is 8.44. The lowest BCUT2D eigenvalue weighted by molar-refractivity contribution is 0.0951. The summed E-state index contributed by atoms with van der Waals surface area (Å²) in [4.78, 5) is 12.6. The highest BCUT2D eigenvalue weighted by Crippen LogP contribution is 2.22. The molecule has 0 aliphatic rings. The van der Waals surface area contributed by atoms with Gasteiger partial charge in [-0.2, -0.15) is 0 Å². The third-order valence-corrected chi connectivity index (χ3v) is 5.58. The molecule has 1 heterocycles. The van der Waals surface area contributed by atoms with Crippen molar-refractivity contribution in [2.24, 2.45) is 0 Å². The fourth-order valence-electron chi connectivity index (χ4n) is 2.58. The summed E-state index contributed by atoms with van der Waals surface area (Å²) in [5.41, 5.74) is 2.47. The van der Waals surface area contributed by atoms with E-state index in [-0.39, 0.29) is 29.8 Å². The van der Waals surface area contributed by atoms with Crippen LogP contribution >= 0.6 is 0 Å². The quantitative estimate of drug-likeness (QED) is 0.720. The second-order valence-corrected chi connectivity index (χ2v) is 8.32. The van der Waals surface area contributed by atoms with Gasteiger partial charge in [-0.3, -0.25) is 4.79 Å². The topological polar surface area (TPSA) is 101 Å². The number of aryl methyl sites for hydroxylation is 3. The van der Waals surface area contributed by atoms with E-state index in [0.29, 0.717) is 22.6 Å². The Hall–Kier alpha value is -2.19. The monoisotopic (exact) mass is 379 g/mol. The average Bonchev–Trinajstić information content (AvgIpc) is 2.95. The van der Waals surface area contributed by atoms with Gasteiger partial charge in [0.25, 0.3) is 5.91 Å². The van der Waals surface area contributed by atoms with Crippen molar-refractivity contribution in [3.8, 4) is 0 Å². The van der Waals surface area contributed by atoms with E-state index in [9.17, 15) is 13.2 Å². The van der Waals surface area contributed by atoms with Gasteiger partial charge in [-0.25, -0.2) is 13.1 Å². The van der Waals surface area contributed by atoms with E-state index in [2.05, 4.69) is 15.2 Å². The van der Waals surface area contributed by atoms with E-state index in [1.165, 1.54) is 0 Å². The first-order chi connectivity index (χ1) is 12.1. The van der Waals surface area contributed by atoms with Gasteiger partial charge in [0.2, 0.25) is 10.0 Å². The van der Waals surface area contributed by atoms with E-state index in [1.54, 1.807) is 26.0 Å². The number of aromatic nitrogens is 1. The lowest BCUT2D eigenvalue weighted by Gasteiger charge is -2.11. The summed E-state index contributed by atoms with van der Waals surface area (Å²) in [6.07, 6.45) is 0. The predicted molar refractivity (Wildman–Crippen MR) is 98.8 cm³/mol. The normalized spacial score (nSPS) is 11.8. The number of hydrogen-bond acceptors (Lipinski definition) is 5. The molecule has 8 heteroatoms. The number of sulfonamides is 1. The number of carbonyl (C=O) groups is 1. The first-order valence-corrected chi connectivity index (χ1v) is 9.93. The highest BCUT2D eigenvalue weighted by Gasteiger charge is 2.22. The summed E-state index contributed by atoms with van der Waals surface area (Å²) in [6, 6.07) is 5.27. The van der Waals surface area contributed by atoms with Crippen LogP contribution in [-0.4, -0.2) is 32.6 Å². The smallest absolute Gasteiger partial charge is 0.256 e. The molecule has 0 atom stereocenters. The summed E-state index contributed by atoms with van der Waals surface area (Å²) in [5, 5.41) is 6.54. The minimum atomic E-state index is -3.63. The third-order valence-electron chi connectivity index (χ3n) is 3.98. The SMILES string of the molecule is Cc1ccc(C)c(S(=O)(=O)NCCNC(=O)c2c(C)noc2C(C)C)c1. The number of nitrogens with one attached hydrogen (secondary N) is 2. The van der Waals surface area contributed by atoms with Crippen molar-refractivity contribution in [3.05, 3.63) is 46.3 Å². The lowest BCUT2D eigenvalue weighted by Crippen LogP contribution is -2.35. The number of amides is 1. The molecule has 1 amide bonds. The van der Waals surface area contributed by atoms with E-state index in [0.717, 1.165) is 5.56 Å². The van der Waals surface area contributed by atoms with Crippen LogP contribution in [0.2, 0.25) is 0 Å². The van der Waals surface area contributed by atoms with Crippen LogP contribution in [0.4, 0.5) is 0 Å². The van der Waals surface area contributed by atoms with Crippen LogP contribution in [0.1, 0.15) is 52.7 Å². The molecule has 7 nitrogen and oxygen atoms in total. The number of hydrogen-bond donors (Lipinski definition) is 2. The molecule has 0 fully saturated rings. The van der Waals surface area contributed by atoms with E-state index < -0.39 is 10.0 Å². The Labute approximate surface area is 154 Å². The second kappa shape index (κ2) is 8.01. The zero-order valence-corrected chi connectivity index (χ0v) is 16.5. The highest BCUT2D eigenvalue weighted by molar-refractivity contribution is 7.89. The standard InChI is InChI=1S/C18H25N3O4S/c1-11(2)17-16(14(5)21-25-17)18(22)19-8-9-20-26(23,24)15-10-12(3)6-7-13(15)4/h6-7,10-11,20H,8-9H2,1-5H3,(H,19,22). The van der Waals surface area contributed by atoms with Crippen molar-refractivity contribution in [2.75, 3.05) is 13.1 Å². The third kappa shape index (κ3) is 4.50. The number of rotatable bonds is 7. The molecule has 0 spiro atoms. The maximum atomic E-state index is 12.4. The number of benzene rings is 1. The number of nitrogens with zero attached hydrogens (tertiary/aromatic N) is 1. The van der Waals surface area contributed by atoms with E-state index >= 15 is 0 Å². The van der Waals surface area contributed by atoms with Gasteiger partial charge in [0.15, 0.2) is 5.76 Å². The summed E-state index contributed by atoms with van der Waals surface area (Å²) in [6.45, 7) is 9.36. The van der Waals surface area contributed by atoms with Crippen molar-refractivity contribution >= 4 is 15.9 Å². The summed E-state index contributed by atoms with van der Waals surface area (Å²) in [7, 11) is -3.63. The van der Waals surface area contributed by atoms with Gasteiger partial charge in [0.05, 0.1) is 10.6 Å². The molecule has 2 N–H and O–H groups in total. The summed E-state index contributed by atoms with van der Waals surface area (Å²) < 4.78 is 32.6. The molecule has 1 aromatic heterocycles. The lowest BCUT2D eigenvalue weighted by atomic mass is 10.0. The molecule has 0 bridgehead atoms. The van der Waals surface area contributed by atoms with Gasteiger partial charge in [-0.15, -0.1) is 0 Å². The molecule has 0 unspecified atom stereocenters. The Kier molecular flexibility index (Phi) is 6.20. The van der Waals surface area contributed by atoms with Crippen molar-refractivity contribution in [2.45, 2.75) is 45.4 Å². The van der Waals surface area contributed by atoms with Gasteiger partial charge in [0.1, 0.15) is 5.56 Å². The molecule has 0 saturated heterocycles.